The molecule has 0 radical (unpaired) electrons. The van der Waals surface area contributed by atoms with E-state index in [2.05, 4.69) is 46.1 Å². The van der Waals surface area contributed by atoms with Crippen LogP contribution in [0.3, 0.4) is 0 Å². The molecule has 1 unspecified atom stereocenters. The van der Waals surface area contributed by atoms with Crippen LogP contribution in [0.4, 0.5) is 5.69 Å². The molecular formula is C23H31IN4O2. The Morgan fingerprint density at radius 1 is 1.20 bits per heavy atom. The van der Waals surface area contributed by atoms with Crippen molar-refractivity contribution in [2.45, 2.75) is 32.1 Å². The van der Waals surface area contributed by atoms with Crippen molar-refractivity contribution in [2.24, 2.45) is 4.99 Å². The molecule has 2 aromatic carbocycles. The van der Waals surface area contributed by atoms with E-state index < -0.39 is 0 Å². The Morgan fingerprint density at radius 2 is 2.03 bits per heavy atom. The second kappa shape index (κ2) is 12.4. The number of ether oxygens (including phenoxy) is 1. The Kier molecular flexibility index (Phi) is 9.93. The molecule has 0 spiro atoms. The molecule has 1 aliphatic rings. The summed E-state index contributed by atoms with van der Waals surface area (Å²) < 4.78 is 5.70. The molecule has 0 saturated heterocycles. The third-order valence-corrected chi connectivity index (χ3v) is 4.92. The van der Waals surface area contributed by atoms with E-state index in [4.69, 9.17) is 4.74 Å². The Morgan fingerprint density at radius 3 is 2.83 bits per heavy atom. The molecule has 7 heteroatoms. The van der Waals surface area contributed by atoms with E-state index in [1.54, 1.807) is 7.05 Å². The van der Waals surface area contributed by atoms with Crippen LogP contribution in [0.1, 0.15) is 36.8 Å². The van der Waals surface area contributed by atoms with Crippen LogP contribution in [0.5, 0.6) is 5.75 Å². The van der Waals surface area contributed by atoms with Crippen molar-refractivity contribution in [1.82, 2.24) is 10.6 Å². The van der Waals surface area contributed by atoms with Gasteiger partial charge in [-0.3, -0.25) is 9.79 Å². The van der Waals surface area contributed by atoms with E-state index >= 15 is 0 Å². The zero-order valence-electron chi connectivity index (χ0n) is 17.6. The molecule has 1 atom stereocenters. The average molecular weight is 522 g/mol. The second-order valence-electron chi connectivity index (χ2n) is 7.16. The van der Waals surface area contributed by atoms with Crippen molar-refractivity contribution in [2.75, 3.05) is 32.1 Å². The van der Waals surface area contributed by atoms with Crippen molar-refractivity contribution in [3.8, 4) is 5.75 Å². The van der Waals surface area contributed by atoms with E-state index in [1.807, 2.05) is 30.3 Å². The molecule has 2 aromatic rings. The first kappa shape index (κ1) is 24.0. The predicted molar refractivity (Wildman–Crippen MR) is 133 cm³/mol. The van der Waals surface area contributed by atoms with Crippen LogP contribution < -0.4 is 20.7 Å². The number of halogens is 1. The largest absolute Gasteiger partial charge is 0.494 e. The van der Waals surface area contributed by atoms with Gasteiger partial charge in [0, 0.05) is 38.2 Å². The number of hydrogen-bond donors (Lipinski definition) is 3. The molecule has 0 fully saturated rings. The average Bonchev–Trinajstić information content (AvgIpc) is 2.74. The van der Waals surface area contributed by atoms with Gasteiger partial charge < -0.3 is 20.7 Å². The Bertz CT molecular complexity index is 857. The number of amides is 1. The topological polar surface area (TPSA) is 74.8 Å². The fourth-order valence-electron chi connectivity index (χ4n) is 3.46. The molecule has 0 aliphatic carbocycles. The van der Waals surface area contributed by atoms with Crippen LogP contribution >= 0.6 is 24.0 Å². The molecule has 30 heavy (non-hydrogen) atoms. The summed E-state index contributed by atoms with van der Waals surface area (Å²) in [7, 11) is 1.76. The molecule has 1 aliphatic heterocycles. The number of anilines is 1. The molecule has 3 rings (SSSR count). The number of nitrogens with zero attached hydrogens (tertiary/aromatic N) is 1. The number of carbonyl (C=O) groups excluding carboxylic acids is 1. The van der Waals surface area contributed by atoms with Crippen LogP contribution in [0, 0.1) is 0 Å². The number of carbonyl (C=O) groups is 1. The summed E-state index contributed by atoms with van der Waals surface area (Å²) in [6, 6.07) is 16.2. The van der Waals surface area contributed by atoms with Crippen molar-refractivity contribution in [3.63, 3.8) is 0 Å². The van der Waals surface area contributed by atoms with Crippen molar-refractivity contribution in [1.29, 1.82) is 0 Å². The van der Waals surface area contributed by atoms with Gasteiger partial charge in [-0.2, -0.15) is 0 Å². The molecule has 0 aromatic heterocycles. The molecule has 6 nitrogen and oxygen atoms in total. The zero-order valence-corrected chi connectivity index (χ0v) is 19.9. The Labute approximate surface area is 195 Å². The smallest absolute Gasteiger partial charge is 0.225 e. The molecule has 0 bridgehead atoms. The minimum Gasteiger partial charge on any atom is -0.494 e. The maximum absolute atomic E-state index is 12.0. The summed E-state index contributed by atoms with van der Waals surface area (Å²) in [5, 5.41) is 9.65. The van der Waals surface area contributed by atoms with E-state index in [0.29, 0.717) is 13.0 Å². The van der Waals surface area contributed by atoms with E-state index in [1.165, 1.54) is 11.1 Å². The molecule has 1 amide bonds. The van der Waals surface area contributed by atoms with Gasteiger partial charge in [-0.1, -0.05) is 37.3 Å². The quantitative estimate of drug-likeness (QED) is 0.279. The molecule has 0 saturated carbocycles. The molecular weight excluding hydrogens is 491 g/mol. The van der Waals surface area contributed by atoms with Crippen molar-refractivity contribution < 1.29 is 9.53 Å². The third kappa shape index (κ3) is 6.90. The maximum Gasteiger partial charge on any atom is 0.225 e. The lowest BCUT2D eigenvalue weighted by atomic mass is 9.90. The molecule has 162 valence electrons. The SMILES string of the molecule is CCCOc1cccc(CCNC(=NC)NCC2CC(=O)Nc3ccccc32)c1.I. The van der Waals surface area contributed by atoms with Gasteiger partial charge in [-0.05, 0) is 42.2 Å². The summed E-state index contributed by atoms with van der Waals surface area (Å²) in [6.45, 7) is 4.26. The first-order valence-electron chi connectivity index (χ1n) is 10.2. The normalized spacial score (nSPS) is 15.5. The highest BCUT2D eigenvalue weighted by molar-refractivity contribution is 14.0. The number of hydrogen-bond acceptors (Lipinski definition) is 3. The van der Waals surface area contributed by atoms with Gasteiger partial charge >= 0.3 is 0 Å². The fraction of sp³-hybridized carbons (Fsp3) is 0.391. The monoisotopic (exact) mass is 522 g/mol. The number of benzene rings is 2. The fourth-order valence-corrected chi connectivity index (χ4v) is 3.46. The number of guanidine groups is 1. The van der Waals surface area contributed by atoms with Gasteiger partial charge in [-0.25, -0.2) is 0 Å². The summed E-state index contributed by atoms with van der Waals surface area (Å²) in [5.41, 5.74) is 3.29. The summed E-state index contributed by atoms with van der Waals surface area (Å²) in [4.78, 5) is 16.3. The van der Waals surface area contributed by atoms with Gasteiger partial charge in [0.2, 0.25) is 5.91 Å². The van der Waals surface area contributed by atoms with Crippen LogP contribution in [0.15, 0.2) is 53.5 Å². The first-order valence-corrected chi connectivity index (χ1v) is 10.2. The minimum absolute atomic E-state index is 0. The lowest BCUT2D eigenvalue weighted by molar-refractivity contribution is -0.116. The van der Waals surface area contributed by atoms with Crippen LogP contribution in [-0.4, -0.2) is 38.6 Å². The standard InChI is InChI=1S/C23H30N4O2.HI/c1-3-13-29-19-8-6-7-17(14-19)11-12-25-23(24-2)26-16-18-15-22(28)27-21-10-5-4-9-20(18)21;/h4-10,14,18H,3,11-13,15-16H2,1-2H3,(H,27,28)(H2,24,25,26);1H. The molecule has 1 heterocycles. The second-order valence-corrected chi connectivity index (χ2v) is 7.16. The summed E-state index contributed by atoms with van der Waals surface area (Å²) >= 11 is 0. The van der Waals surface area contributed by atoms with E-state index in [0.717, 1.165) is 43.4 Å². The number of para-hydroxylation sites is 1. The van der Waals surface area contributed by atoms with E-state index in [9.17, 15) is 4.79 Å². The van der Waals surface area contributed by atoms with Crippen LogP contribution in [-0.2, 0) is 11.2 Å². The maximum atomic E-state index is 12.0. The van der Waals surface area contributed by atoms with Gasteiger partial charge in [0.05, 0.1) is 6.61 Å². The Hall–Kier alpha value is -2.29. The highest BCUT2D eigenvalue weighted by Crippen LogP contribution is 2.31. The first-order chi connectivity index (χ1) is 14.2. The number of nitrogens with one attached hydrogen (secondary N) is 3. The number of fused-ring (bicyclic) bond motifs is 1. The van der Waals surface area contributed by atoms with Gasteiger partial charge in [0.25, 0.3) is 0 Å². The number of rotatable bonds is 8. The van der Waals surface area contributed by atoms with Gasteiger partial charge in [-0.15, -0.1) is 24.0 Å². The van der Waals surface area contributed by atoms with Gasteiger partial charge in [0.1, 0.15) is 5.75 Å². The minimum atomic E-state index is 0. The zero-order chi connectivity index (χ0) is 20.5. The lowest BCUT2D eigenvalue weighted by Crippen LogP contribution is -2.41. The lowest BCUT2D eigenvalue weighted by Gasteiger charge is -2.26. The van der Waals surface area contributed by atoms with Crippen molar-refractivity contribution >= 4 is 41.5 Å². The highest BCUT2D eigenvalue weighted by Gasteiger charge is 2.24. The van der Waals surface area contributed by atoms with E-state index in [-0.39, 0.29) is 35.8 Å². The van der Waals surface area contributed by atoms with Crippen molar-refractivity contribution in [3.05, 3.63) is 59.7 Å². The highest BCUT2D eigenvalue weighted by atomic mass is 127. The Balaban J connectivity index is 0.00000320. The van der Waals surface area contributed by atoms with Crippen LogP contribution in [0.25, 0.3) is 0 Å². The summed E-state index contributed by atoms with van der Waals surface area (Å²) in [5.74, 6) is 1.85. The molecule has 3 N–H and O–H groups in total. The van der Waals surface area contributed by atoms with Gasteiger partial charge in [0.15, 0.2) is 5.96 Å². The summed E-state index contributed by atoms with van der Waals surface area (Å²) in [6.07, 6.45) is 2.35. The predicted octanol–water partition coefficient (Wildman–Crippen LogP) is 3.93. The number of aliphatic imine (C=N–C) groups is 1. The van der Waals surface area contributed by atoms with Crippen LogP contribution in [0.2, 0.25) is 0 Å². The third-order valence-electron chi connectivity index (χ3n) is 4.92.